The van der Waals surface area contributed by atoms with Gasteiger partial charge in [-0.1, -0.05) is 140 Å². The molecule has 0 saturated heterocycles. The van der Waals surface area contributed by atoms with Crippen molar-refractivity contribution < 1.29 is 0 Å². The van der Waals surface area contributed by atoms with Crippen LogP contribution in [-0.2, 0) is 0 Å². The van der Waals surface area contributed by atoms with Gasteiger partial charge in [0.15, 0.2) is 0 Å². The van der Waals surface area contributed by atoms with E-state index in [9.17, 15) is 0 Å². The lowest BCUT2D eigenvalue weighted by molar-refractivity contribution is 1.30. The maximum atomic E-state index is 2.40. The highest BCUT2D eigenvalue weighted by Crippen LogP contribution is 2.41. The first kappa shape index (κ1) is 25.1. The number of anilines is 3. The monoisotopic (exact) mass is 547 g/mol. The van der Waals surface area contributed by atoms with E-state index in [0.717, 1.165) is 17.1 Å². The predicted molar refractivity (Wildman–Crippen MR) is 185 cm³/mol. The maximum absolute atomic E-state index is 2.40. The lowest BCUT2D eigenvalue weighted by Crippen LogP contribution is -2.10. The summed E-state index contributed by atoms with van der Waals surface area (Å²) in [6.45, 7) is 0. The summed E-state index contributed by atoms with van der Waals surface area (Å²) >= 11 is 0. The SMILES string of the molecule is c1ccc(-c2cccc(-c3ccc(N(c4ccc5ccc6ccccc6c5c4)c4cccc5ccccc45)cc3)c2)cc1. The molecule has 43 heavy (non-hydrogen) atoms. The van der Waals surface area contributed by atoms with Crippen LogP contribution in [0.3, 0.4) is 0 Å². The van der Waals surface area contributed by atoms with Gasteiger partial charge in [-0.05, 0) is 85.6 Å². The first-order chi connectivity index (χ1) is 21.3. The zero-order valence-corrected chi connectivity index (χ0v) is 23.7. The van der Waals surface area contributed by atoms with Gasteiger partial charge in [-0.3, -0.25) is 0 Å². The van der Waals surface area contributed by atoms with Crippen LogP contribution < -0.4 is 4.90 Å². The highest BCUT2D eigenvalue weighted by Gasteiger charge is 2.16. The van der Waals surface area contributed by atoms with Gasteiger partial charge < -0.3 is 4.90 Å². The van der Waals surface area contributed by atoms with Gasteiger partial charge in [-0.2, -0.15) is 0 Å². The third kappa shape index (κ3) is 4.62. The minimum Gasteiger partial charge on any atom is -0.310 e. The third-order valence-corrected chi connectivity index (χ3v) is 8.42. The molecule has 0 fully saturated rings. The summed E-state index contributed by atoms with van der Waals surface area (Å²) in [5.41, 5.74) is 8.29. The summed E-state index contributed by atoms with van der Waals surface area (Å²) in [4.78, 5) is 2.40. The van der Waals surface area contributed by atoms with Gasteiger partial charge in [0.25, 0.3) is 0 Å². The smallest absolute Gasteiger partial charge is 0.0540 e. The van der Waals surface area contributed by atoms with Crippen LogP contribution in [0.15, 0.2) is 176 Å². The first-order valence-electron chi connectivity index (χ1n) is 14.8. The molecule has 8 rings (SSSR count). The normalized spacial score (nSPS) is 11.3. The molecule has 202 valence electrons. The topological polar surface area (TPSA) is 3.24 Å². The van der Waals surface area contributed by atoms with Gasteiger partial charge in [0.2, 0.25) is 0 Å². The lowest BCUT2D eigenvalue weighted by atomic mass is 9.98. The average Bonchev–Trinajstić information content (AvgIpc) is 3.09. The summed E-state index contributed by atoms with van der Waals surface area (Å²) in [6, 6.07) is 63.5. The zero-order chi connectivity index (χ0) is 28.6. The second-order valence-corrected chi connectivity index (χ2v) is 11.0. The number of benzene rings is 8. The van der Waals surface area contributed by atoms with Crippen molar-refractivity contribution in [2.75, 3.05) is 4.90 Å². The quantitative estimate of drug-likeness (QED) is 0.194. The molecule has 8 aromatic rings. The summed E-state index contributed by atoms with van der Waals surface area (Å²) in [5.74, 6) is 0. The Balaban J connectivity index is 1.28. The van der Waals surface area contributed by atoms with Crippen LogP contribution in [-0.4, -0.2) is 0 Å². The molecule has 0 atom stereocenters. The fraction of sp³-hybridized carbons (Fsp3) is 0. The third-order valence-electron chi connectivity index (χ3n) is 8.42. The van der Waals surface area contributed by atoms with E-state index in [2.05, 4.69) is 181 Å². The van der Waals surface area contributed by atoms with Gasteiger partial charge >= 0.3 is 0 Å². The molecular formula is C42H29N. The Morgan fingerprint density at radius 3 is 1.56 bits per heavy atom. The number of hydrogen-bond acceptors (Lipinski definition) is 1. The van der Waals surface area contributed by atoms with Crippen LogP contribution >= 0.6 is 0 Å². The molecular weight excluding hydrogens is 518 g/mol. The molecule has 0 bridgehead atoms. The Bertz CT molecular complexity index is 2220. The highest BCUT2D eigenvalue weighted by molar-refractivity contribution is 6.09. The van der Waals surface area contributed by atoms with Crippen LogP contribution in [0, 0.1) is 0 Å². The van der Waals surface area contributed by atoms with Crippen molar-refractivity contribution >= 4 is 49.4 Å². The molecule has 0 amide bonds. The van der Waals surface area contributed by atoms with E-state index in [1.54, 1.807) is 0 Å². The van der Waals surface area contributed by atoms with Crippen molar-refractivity contribution in [1.82, 2.24) is 0 Å². The molecule has 0 unspecified atom stereocenters. The Labute approximate surface area is 251 Å². The van der Waals surface area contributed by atoms with E-state index in [-0.39, 0.29) is 0 Å². The standard InChI is InChI=1S/C42H29N/c1-2-10-30(11-3-1)35-15-8-16-36(28-35)31-22-25-37(26-23-31)43(42-19-9-14-32-12-5-7-18-40(32)42)38-27-24-34-21-20-33-13-4-6-17-39(33)41(34)29-38/h1-29H. The van der Waals surface area contributed by atoms with Crippen molar-refractivity contribution in [2.45, 2.75) is 0 Å². The maximum Gasteiger partial charge on any atom is 0.0540 e. The molecule has 8 aromatic carbocycles. The van der Waals surface area contributed by atoms with Gasteiger partial charge in [-0.25, -0.2) is 0 Å². The van der Waals surface area contributed by atoms with E-state index in [1.165, 1.54) is 54.6 Å². The van der Waals surface area contributed by atoms with Crippen molar-refractivity contribution in [3.8, 4) is 22.3 Å². The molecule has 0 aliphatic rings. The molecule has 0 radical (unpaired) electrons. The van der Waals surface area contributed by atoms with Crippen LogP contribution in [0.4, 0.5) is 17.1 Å². The minimum absolute atomic E-state index is 1.12. The summed E-state index contributed by atoms with van der Waals surface area (Å²) in [6.07, 6.45) is 0. The Hall–Kier alpha value is -5.66. The van der Waals surface area contributed by atoms with Crippen LogP contribution in [0.5, 0.6) is 0 Å². The van der Waals surface area contributed by atoms with Crippen molar-refractivity contribution in [3.05, 3.63) is 176 Å². The summed E-state index contributed by atoms with van der Waals surface area (Å²) in [7, 11) is 0. The molecule has 0 aliphatic heterocycles. The number of fused-ring (bicyclic) bond motifs is 4. The van der Waals surface area contributed by atoms with E-state index >= 15 is 0 Å². The summed E-state index contributed by atoms with van der Waals surface area (Å²) < 4.78 is 0. The first-order valence-corrected chi connectivity index (χ1v) is 14.8. The molecule has 0 aromatic heterocycles. The molecule has 0 aliphatic carbocycles. The number of nitrogens with zero attached hydrogens (tertiary/aromatic N) is 1. The fourth-order valence-electron chi connectivity index (χ4n) is 6.27. The van der Waals surface area contributed by atoms with E-state index in [1.807, 2.05) is 0 Å². The second-order valence-electron chi connectivity index (χ2n) is 11.0. The molecule has 0 N–H and O–H groups in total. The average molecular weight is 548 g/mol. The Kier molecular flexibility index (Phi) is 6.20. The predicted octanol–water partition coefficient (Wildman–Crippen LogP) is 11.9. The van der Waals surface area contributed by atoms with Crippen LogP contribution in [0.1, 0.15) is 0 Å². The molecule has 0 heterocycles. The summed E-state index contributed by atoms with van der Waals surface area (Å²) in [5, 5.41) is 7.48. The fourth-order valence-corrected chi connectivity index (χ4v) is 6.27. The van der Waals surface area contributed by atoms with E-state index in [4.69, 9.17) is 0 Å². The van der Waals surface area contributed by atoms with Gasteiger partial charge in [0.1, 0.15) is 0 Å². The Morgan fingerprint density at radius 2 is 0.791 bits per heavy atom. The van der Waals surface area contributed by atoms with Gasteiger partial charge in [0.05, 0.1) is 5.69 Å². The highest BCUT2D eigenvalue weighted by atomic mass is 15.1. The van der Waals surface area contributed by atoms with Crippen molar-refractivity contribution in [2.24, 2.45) is 0 Å². The molecule has 0 saturated carbocycles. The Morgan fingerprint density at radius 1 is 0.279 bits per heavy atom. The molecule has 1 heteroatoms. The van der Waals surface area contributed by atoms with Gasteiger partial charge in [0, 0.05) is 16.8 Å². The number of hydrogen-bond donors (Lipinski definition) is 0. The van der Waals surface area contributed by atoms with Crippen LogP contribution in [0.25, 0.3) is 54.6 Å². The zero-order valence-electron chi connectivity index (χ0n) is 23.7. The van der Waals surface area contributed by atoms with E-state index < -0.39 is 0 Å². The molecule has 0 spiro atoms. The minimum atomic E-state index is 1.12. The molecule has 1 nitrogen and oxygen atoms in total. The van der Waals surface area contributed by atoms with Crippen LogP contribution in [0.2, 0.25) is 0 Å². The van der Waals surface area contributed by atoms with Crippen molar-refractivity contribution in [1.29, 1.82) is 0 Å². The van der Waals surface area contributed by atoms with Crippen molar-refractivity contribution in [3.63, 3.8) is 0 Å². The van der Waals surface area contributed by atoms with E-state index in [0.29, 0.717) is 0 Å². The number of rotatable bonds is 5. The second kappa shape index (κ2) is 10.6. The largest absolute Gasteiger partial charge is 0.310 e. The lowest BCUT2D eigenvalue weighted by Gasteiger charge is -2.27. The van der Waals surface area contributed by atoms with Gasteiger partial charge in [-0.15, -0.1) is 0 Å².